The summed E-state index contributed by atoms with van der Waals surface area (Å²) in [4.78, 5) is 16.0. The van der Waals surface area contributed by atoms with Gasteiger partial charge in [0, 0.05) is 17.5 Å². The van der Waals surface area contributed by atoms with E-state index in [1.54, 1.807) is 18.3 Å². The zero-order valence-corrected chi connectivity index (χ0v) is 10.1. The van der Waals surface area contributed by atoms with Gasteiger partial charge in [-0.25, -0.2) is 0 Å². The Bertz CT molecular complexity index is 544. The molecule has 0 saturated heterocycles. The summed E-state index contributed by atoms with van der Waals surface area (Å²) in [5.74, 6) is -0.109. The Morgan fingerprint density at radius 1 is 1.06 bits per heavy atom. The van der Waals surface area contributed by atoms with Crippen LogP contribution < -0.4 is 5.32 Å². The molecule has 0 fully saturated rings. The standard InChI is InChI=1S/C15H14N2O/c1-2-16-13-8-10-14(11-9-13)17-15(18)12-6-4-3-5-7-12/h2-11H,1H3,(H,17,18). The van der Waals surface area contributed by atoms with Crippen LogP contribution >= 0.6 is 0 Å². The zero-order valence-electron chi connectivity index (χ0n) is 10.1. The van der Waals surface area contributed by atoms with Gasteiger partial charge in [-0.1, -0.05) is 18.2 Å². The molecule has 2 aromatic rings. The third-order valence-electron chi connectivity index (χ3n) is 2.44. The number of anilines is 1. The average molecular weight is 238 g/mol. The lowest BCUT2D eigenvalue weighted by Crippen LogP contribution is -2.11. The lowest BCUT2D eigenvalue weighted by atomic mass is 10.2. The fourth-order valence-corrected chi connectivity index (χ4v) is 1.57. The molecule has 1 amide bonds. The molecule has 0 aliphatic heterocycles. The zero-order chi connectivity index (χ0) is 12.8. The molecule has 3 nitrogen and oxygen atoms in total. The van der Waals surface area contributed by atoms with Crippen molar-refractivity contribution in [2.24, 2.45) is 4.99 Å². The molecule has 0 aliphatic carbocycles. The second kappa shape index (κ2) is 5.77. The van der Waals surface area contributed by atoms with E-state index in [2.05, 4.69) is 10.3 Å². The van der Waals surface area contributed by atoms with Crippen LogP contribution in [0.3, 0.4) is 0 Å². The van der Waals surface area contributed by atoms with E-state index in [9.17, 15) is 4.79 Å². The topological polar surface area (TPSA) is 41.5 Å². The van der Waals surface area contributed by atoms with Crippen molar-refractivity contribution in [1.82, 2.24) is 0 Å². The quantitative estimate of drug-likeness (QED) is 0.814. The van der Waals surface area contributed by atoms with Crippen LogP contribution in [0.5, 0.6) is 0 Å². The highest BCUT2D eigenvalue weighted by Gasteiger charge is 2.04. The van der Waals surface area contributed by atoms with Crippen molar-refractivity contribution >= 4 is 23.5 Å². The molecule has 18 heavy (non-hydrogen) atoms. The van der Waals surface area contributed by atoms with E-state index in [-0.39, 0.29) is 5.91 Å². The normalized spacial score (nSPS) is 10.5. The summed E-state index contributed by atoms with van der Waals surface area (Å²) in [5, 5.41) is 2.84. The smallest absolute Gasteiger partial charge is 0.255 e. The molecular weight excluding hydrogens is 224 g/mol. The van der Waals surface area contributed by atoms with Crippen molar-refractivity contribution < 1.29 is 4.79 Å². The summed E-state index contributed by atoms with van der Waals surface area (Å²) in [6.45, 7) is 1.87. The molecule has 90 valence electrons. The number of carbonyl (C=O) groups is 1. The summed E-state index contributed by atoms with van der Waals surface area (Å²) < 4.78 is 0. The Morgan fingerprint density at radius 3 is 2.33 bits per heavy atom. The summed E-state index contributed by atoms with van der Waals surface area (Å²) >= 11 is 0. The lowest BCUT2D eigenvalue weighted by molar-refractivity contribution is 0.102. The minimum absolute atomic E-state index is 0.109. The average Bonchev–Trinajstić information content (AvgIpc) is 2.42. The summed E-state index contributed by atoms with van der Waals surface area (Å²) in [6.07, 6.45) is 1.73. The fraction of sp³-hybridized carbons (Fsp3) is 0.0667. The highest BCUT2D eigenvalue weighted by molar-refractivity contribution is 6.04. The number of amides is 1. The molecule has 0 radical (unpaired) electrons. The Balaban J connectivity index is 2.08. The third kappa shape index (κ3) is 3.04. The number of hydrogen-bond donors (Lipinski definition) is 1. The van der Waals surface area contributed by atoms with Crippen LogP contribution in [0.15, 0.2) is 59.6 Å². The van der Waals surface area contributed by atoms with Crippen molar-refractivity contribution in [2.75, 3.05) is 5.32 Å². The van der Waals surface area contributed by atoms with Gasteiger partial charge in [0.1, 0.15) is 0 Å². The maximum absolute atomic E-state index is 11.9. The van der Waals surface area contributed by atoms with Gasteiger partial charge in [0.15, 0.2) is 0 Å². The lowest BCUT2D eigenvalue weighted by Gasteiger charge is -2.05. The van der Waals surface area contributed by atoms with Crippen LogP contribution in [0.1, 0.15) is 17.3 Å². The van der Waals surface area contributed by atoms with Crippen LogP contribution in [0.2, 0.25) is 0 Å². The Morgan fingerprint density at radius 2 is 1.72 bits per heavy atom. The molecule has 0 atom stereocenters. The minimum atomic E-state index is -0.109. The van der Waals surface area contributed by atoms with Crippen molar-refractivity contribution in [3.63, 3.8) is 0 Å². The van der Waals surface area contributed by atoms with Crippen molar-refractivity contribution in [1.29, 1.82) is 0 Å². The second-order valence-electron chi connectivity index (χ2n) is 3.75. The SMILES string of the molecule is CC=Nc1ccc(NC(=O)c2ccccc2)cc1. The largest absolute Gasteiger partial charge is 0.322 e. The molecular formula is C15H14N2O. The van der Waals surface area contributed by atoms with Gasteiger partial charge in [0.2, 0.25) is 0 Å². The number of rotatable bonds is 3. The molecule has 0 heterocycles. The van der Waals surface area contributed by atoms with Gasteiger partial charge in [0.25, 0.3) is 5.91 Å². The van der Waals surface area contributed by atoms with Gasteiger partial charge in [-0.3, -0.25) is 9.79 Å². The number of aliphatic imine (C=N–C) groups is 1. The third-order valence-corrected chi connectivity index (χ3v) is 2.44. The summed E-state index contributed by atoms with van der Waals surface area (Å²) in [6, 6.07) is 16.5. The molecule has 1 N–H and O–H groups in total. The van der Waals surface area contributed by atoms with Crippen molar-refractivity contribution in [2.45, 2.75) is 6.92 Å². The first-order chi connectivity index (χ1) is 8.79. The maximum Gasteiger partial charge on any atom is 0.255 e. The van der Waals surface area contributed by atoms with Gasteiger partial charge >= 0.3 is 0 Å². The van der Waals surface area contributed by atoms with Crippen molar-refractivity contribution in [3.05, 3.63) is 60.2 Å². The van der Waals surface area contributed by atoms with Crippen LogP contribution in [0, 0.1) is 0 Å². The van der Waals surface area contributed by atoms with E-state index >= 15 is 0 Å². The van der Waals surface area contributed by atoms with Crippen LogP contribution in [-0.4, -0.2) is 12.1 Å². The molecule has 0 aliphatic rings. The van der Waals surface area contributed by atoms with E-state index in [1.165, 1.54) is 0 Å². The van der Waals surface area contributed by atoms with E-state index in [1.807, 2.05) is 49.4 Å². The predicted octanol–water partition coefficient (Wildman–Crippen LogP) is 3.66. The van der Waals surface area contributed by atoms with Gasteiger partial charge in [-0.15, -0.1) is 0 Å². The number of nitrogens with one attached hydrogen (secondary N) is 1. The van der Waals surface area contributed by atoms with E-state index in [4.69, 9.17) is 0 Å². The number of carbonyl (C=O) groups excluding carboxylic acids is 1. The van der Waals surface area contributed by atoms with E-state index in [0.717, 1.165) is 11.4 Å². The molecule has 2 rings (SSSR count). The number of benzene rings is 2. The first-order valence-corrected chi connectivity index (χ1v) is 5.75. The second-order valence-corrected chi connectivity index (χ2v) is 3.75. The summed E-state index contributed by atoms with van der Waals surface area (Å²) in [7, 11) is 0. The highest BCUT2D eigenvalue weighted by Crippen LogP contribution is 2.16. The van der Waals surface area contributed by atoms with Gasteiger partial charge in [-0.05, 0) is 43.3 Å². The number of nitrogens with zero attached hydrogens (tertiary/aromatic N) is 1. The molecule has 2 aromatic carbocycles. The molecule has 0 saturated carbocycles. The van der Waals surface area contributed by atoms with Gasteiger partial charge in [-0.2, -0.15) is 0 Å². The maximum atomic E-state index is 11.9. The summed E-state index contributed by atoms with van der Waals surface area (Å²) in [5.41, 5.74) is 2.28. The first kappa shape index (κ1) is 12.0. The Hall–Kier alpha value is -2.42. The Labute approximate surface area is 106 Å². The van der Waals surface area contributed by atoms with Gasteiger partial charge < -0.3 is 5.32 Å². The molecule has 0 aromatic heterocycles. The van der Waals surface area contributed by atoms with Gasteiger partial charge in [0.05, 0.1) is 5.69 Å². The van der Waals surface area contributed by atoms with Crippen LogP contribution in [0.25, 0.3) is 0 Å². The minimum Gasteiger partial charge on any atom is -0.322 e. The Kier molecular flexibility index (Phi) is 3.86. The molecule has 0 spiro atoms. The highest BCUT2D eigenvalue weighted by atomic mass is 16.1. The van der Waals surface area contributed by atoms with Crippen molar-refractivity contribution in [3.8, 4) is 0 Å². The monoisotopic (exact) mass is 238 g/mol. The number of hydrogen-bond acceptors (Lipinski definition) is 2. The molecule has 0 unspecified atom stereocenters. The predicted molar refractivity (Wildman–Crippen MR) is 74.7 cm³/mol. The van der Waals surface area contributed by atoms with E-state index in [0.29, 0.717) is 5.56 Å². The van der Waals surface area contributed by atoms with Crippen LogP contribution in [-0.2, 0) is 0 Å². The van der Waals surface area contributed by atoms with Crippen LogP contribution in [0.4, 0.5) is 11.4 Å². The van der Waals surface area contributed by atoms with E-state index < -0.39 is 0 Å². The first-order valence-electron chi connectivity index (χ1n) is 5.75. The fourth-order valence-electron chi connectivity index (χ4n) is 1.57. The molecule has 3 heteroatoms. The molecule has 0 bridgehead atoms.